The van der Waals surface area contributed by atoms with E-state index < -0.39 is 0 Å². The molecule has 17 heavy (non-hydrogen) atoms. The molecule has 1 aromatic rings. The van der Waals surface area contributed by atoms with E-state index in [9.17, 15) is 4.79 Å². The van der Waals surface area contributed by atoms with Crippen LogP contribution >= 0.6 is 0 Å². The lowest BCUT2D eigenvalue weighted by Gasteiger charge is -2.08. The first-order chi connectivity index (χ1) is 8.17. The second-order valence-corrected chi connectivity index (χ2v) is 3.15. The Kier molecular flexibility index (Phi) is 4.29. The normalized spacial score (nSPS) is 8.41. The SMILES string of the molecule is CC(=O)Nc1ccccc1NC=C(C#N)C#N. The van der Waals surface area contributed by atoms with Gasteiger partial charge in [-0.05, 0) is 12.1 Å². The molecule has 0 radical (unpaired) electrons. The number of rotatable bonds is 3. The van der Waals surface area contributed by atoms with Crippen molar-refractivity contribution in [3.63, 3.8) is 0 Å². The highest BCUT2D eigenvalue weighted by molar-refractivity contribution is 5.92. The number of anilines is 2. The lowest BCUT2D eigenvalue weighted by molar-refractivity contribution is -0.114. The van der Waals surface area contributed by atoms with Crippen molar-refractivity contribution in [2.75, 3.05) is 10.6 Å². The van der Waals surface area contributed by atoms with E-state index in [1.807, 2.05) is 0 Å². The summed E-state index contributed by atoms with van der Waals surface area (Å²) in [6.45, 7) is 1.41. The van der Waals surface area contributed by atoms with Crippen LogP contribution in [-0.2, 0) is 4.79 Å². The van der Waals surface area contributed by atoms with Gasteiger partial charge in [0.05, 0.1) is 11.4 Å². The molecule has 0 unspecified atom stereocenters. The van der Waals surface area contributed by atoms with E-state index in [2.05, 4.69) is 10.6 Å². The van der Waals surface area contributed by atoms with Crippen molar-refractivity contribution >= 4 is 17.3 Å². The highest BCUT2D eigenvalue weighted by Crippen LogP contribution is 2.20. The molecule has 0 aromatic heterocycles. The molecule has 1 rings (SSSR count). The summed E-state index contributed by atoms with van der Waals surface area (Å²) >= 11 is 0. The molecule has 2 N–H and O–H groups in total. The third kappa shape index (κ3) is 3.69. The van der Waals surface area contributed by atoms with Gasteiger partial charge in [-0.3, -0.25) is 4.79 Å². The first kappa shape index (κ1) is 12.3. The van der Waals surface area contributed by atoms with Gasteiger partial charge >= 0.3 is 0 Å². The Morgan fingerprint density at radius 3 is 2.35 bits per heavy atom. The molecule has 0 heterocycles. The quantitative estimate of drug-likeness (QED) is 0.771. The second kappa shape index (κ2) is 5.94. The number of nitrogens with one attached hydrogen (secondary N) is 2. The minimum Gasteiger partial charge on any atom is -0.358 e. The van der Waals surface area contributed by atoms with E-state index in [4.69, 9.17) is 10.5 Å². The van der Waals surface area contributed by atoms with Crippen LogP contribution in [0.1, 0.15) is 6.92 Å². The maximum Gasteiger partial charge on any atom is 0.221 e. The molecule has 0 saturated heterocycles. The predicted octanol–water partition coefficient (Wildman–Crippen LogP) is 1.99. The number of nitrogens with zero attached hydrogens (tertiary/aromatic N) is 2. The first-order valence-electron chi connectivity index (χ1n) is 4.81. The van der Waals surface area contributed by atoms with Crippen LogP contribution in [0.4, 0.5) is 11.4 Å². The zero-order valence-electron chi connectivity index (χ0n) is 9.19. The van der Waals surface area contributed by atoms with Crippen LogP contribution in [0.25, 0.3) is 0 Å². The summed E-state index contributed by atoms with van der Waals surface area (Å²) in [6, 6.07) is 10.5. The van der Waals surface area contributed by atoms with Crippen molar-refractivity contribution < 1.29 is 4.79 Å². The van der Waals surface area contributed by atoms with Crippen molar-refractivity contribution in [3.8, 4) is 12.1 Å². The molecular formula is C12H10N4O. The van der Waals surface area contributed by atoms with Gasteiger partial charge in [-0.1, -0.05) is 12.1 Å². The van der Waals surface area contributed by atoms with Gasteiger partial charge in [0.15, 0.2) is 0 Å². The zero-order chi connectivity index (χ0) is 12.7. The molecule has 1 aromatic carbocycles. The summed E-state index contributed by atoms with van der Waals surface area (Å²) in [5, 5.41) is 22.6. The summed E-state index contributed by atoms with van der Waals surface area (Å²) in [5.74, 6) is -0.191. The third-order valence-electron chi connectivity index (χ3n) is 1.85. The minimum absolute atomic E-state index is 0.0392. The van der Waals surface area contributed by atoms with E-state index in [0.29, 0.717) is 11.4 Å². The van der Waals surface area contributed by atoms with Crippen LogP contribution in [0.15, 0.2) is 36.0 Å². The van der Waals surface area contributed by atoms with Gasteiger partial charge in [-0.2, -0.15) is 10.5 Å². The van der Waals surface area contributed by atoms with E-state index in [1.54, 1.807) is 36.4 Å². The molecule has 0 spiro atoms. The first-order valence-corrected chi connectivity index (χ1v) is 4.81. The topological polar surface area (TPSA) is 88.7 Å². The molecular weight excluding hydrogens is 216 g/mol. The fraction of sp³-hybridized carbons (Fsp3) is 0.0833. The number of hydrogen-bond acceptors (Lipinski definition) is 4. The Bertz CT molecular complexity index is 518. The summed E-state index contributed by atoms with van der Waals surface area (Å²) < 4.78 is 0. The van der Waals surface area contributed by atoms with Crippen LogP contribution in [0, 0.1) is 22.7 Å². The number of allylic oxidation sites excluding steroid dienone is 1. The molecule has 0 fully saturated rings. The lowest BCUT2D eigenvalue weighted by atomic mass is 10.2. The van der Waals surface area contributed by atoms with Crippen LogP contribution in [0.3, 0.4) is 0 Å². The molecule has 0 atom stereocenters. The molecule has 84 valence electrons. The number of hydrogen-bond donors (Lipinski definition) is 2. The Morgan fingerprint density at radius 2 is 1.82 bits per heavy atom. The van der Waals surface area contributed by atoms with Crippen molar-refractivity contribution in [2.24, 2.45) is 0 Å². The standard InChI is InChI=1S/C12H10N4O/c1-9(17)16-12-5-3-2-4-11(12)15-8-10(6-13)7-14/h2-5,8,15H,1H3,(H,16,17). The third-order valence-corrected chi connectivity index (χ3v) is 1.85. The van der Waals surface area contributed by atoms with Crippen molar-refractivity contribution in [1.29, 1.82) is 10.5 Å². The molecule has 5 nitrogen and oxygen atoms in total. The summed E-state index contributed by atoms with van der Waals surface area (Å²) in [7, 11) is 0. The van der Waals surface area contributed by atoms with Crippen molar-refractivity contribution in [3.05, 3.63) is 36.0 Å². The maximum absolute atomic E-state index is 11.0. The van der Waals surface area contributed by atoms with Gasteiger partial charge in [-0.25, -0.2) is 0 Å². The molecule has 0 saturated carbocycles. The number of para-hydroxylation sites is 2. The molecule has 1 amide bonds. The second-order valence-electron chi connectivity index (χ2n) is 3.15. The Labute approximate surface area is 99.0 Å². The minimum atomic E-state index is -0.191. The highest BCUT2D eigenvalue weighted by Gasteiger charge is 2.01. The smallest absolute Gasteiger partial charge is 0.221 e. The number of nitriles is 2. The summed E-state index contributed by atoms with van der Waals surface area (Å²) in [5.41, 5.74) is 1.17. The van der Waals surface area contributed by atoms with Gasteiger partial charge in [0.1, 0.15) is 17.7 Å². The number of carbonyl (C=O) groups excluding carboxylic acids is 1. The Hall–Kier alpha value is -2.79. The van der Waals surface area contributed by atoms with E-state index in [1.165, 1.54) is 13.1 Å². The van der Waals surface area contributed by atoms with Gasteiger partial charge in [0, 0.05) is 13.1 Å². The largest absolute Gasteiger partial charge is 0.358 e. The van der Waals surface area contributed by atoms with E-state index >= 15 is 0 Å². The molecule has 0 aliphatic heterocycles. The van der Waals surface area contributed by atoms with Gasteiger partial charge in [0.25, 0.3) is 0 Å². The Balaban J connectivity index is 2.92. The fourth-order valence-electron chi connectivity index (χ4n) is 1.15. The van der Waals surface area contributed by atoms with Crippen LogP contribution < -0.4 is 10.6 Å². The monoisotopic (exact) mass is 226 g/mol. The van der Waals surface area contributed by atoms with Gasteiger partial charge < -0.3 is 10.6 Å². The zero-order valence-corrected chi connectivity index (χ0v) is 9.19. The molecule has 0 aliphatic rings. The molecule has 0 aliphatic carbocycles. The number of amides is 1. The predicted molar refractivity (Wildman–Crippen MR) is 63.7 cm³/mol. The number of carbonyl (C=O) groups is 1. The number of benzene rings is 1. The summed E-state index contributed by atoms with van der Waals surface area (Å²) in [4.78, 5) is 11.0. The highest BCUT2D eigenvalue weighted by atomic mass is 16.1. The average molecular weight is 226 g/mol. The van der Waals surface area contributed by atoms with Gasteiger partial charge in [-0.15, -0.1) is 0 Å². The lowest BCUT2D eigenvalue weighted by Crippen LogP contribution is -2.07. The maximum atomic E-state index is 11.0. The fourth-order valence-corrected chi connectivity index (χ4v) is 1.15. The van der Waals surface area contributed by atoms with Crippen molar-refractivity contribution in [2.45, 2.75) is 6.92 Å². The van der Waals surface area contributed by atoms with Crippen LogP contribution in [0.2, 0.25) is 0 Å². The molecule has 5 heteroatoms. The van der Waals surface area contributed by atoms with Crippen molar-refractivity contribution in [1.82, 2.24) is 0 Å². The van der Waals surface area contributed by atoms with Crippen LogP contribution in [-0.4, -0.2) is 5.91 Å². The van der Waals surface area contributed by atoms with Gasteiger partial charge in [0.2, 0.25) is 5.91 Å². The van der Waals surface area contributed by atoms with Crippen LogP contribution in [0.5, 0.6) is 0 Å². The van der Waals surface area contributed by atoms with E-state index in [-0.39, 0.29) is 11.5 Å². The summed E-state index contributed by atoms with van der Waals surface area (Å²) in [6.07, 6.45) is 1.29. The Morgan fingerprint density at radius 1 is 1.24 bits per heavy atom. The van der Waals surface area contributed by atoms with E-state index in [0.717, 1.165) is 0 Å². The average Bonchev–Trinajstić information content (AvgIpc) is 2.31. The molecule has 0 bridgehead atoms.